The summed E-state index contributed by atoms with van der Waals surface area (Å²) in [5.74, 6) is -1.58. The summed E-state index contributed by atoms with van der Waals surface area (Å²) >= 11 is 0. The van der Waals surface area contributed by atoms with Crippen molar-refractivity contribution in [3.05, 3.63) is 18.2 Å². The Bertz CT molecular complexity index is 573. The highest BCUT2D eigenvalue weighted by molar-refractivity contribution is 5.77. The molecule has 1 heterocycles. The van der Waals surface area contributed by atoms with Crippen LogP contribution in [0.1, 0.15) is 25.6 Å². The predicted molar refractivity (Wildman–Crippen MR) is 74.0 cm³/mol. The van der Waals surface area contributed by atoms with Gasteiger partial charge in [-0.3, -0.25) is 4.79 Å². The molecular formula is C13H19F5N4O2. The zero-order valence-electron chi connectivity index (χ0n) is 13.1. The van der Waals surface area contributed by atoms with Crippen molar-refractivity contribution in [3.8, 4) is 0 Å². The molecule has 0 aliphatic heterocycles. The number of amides is 1. The summed E-state index contributed by atoms with van der Waals surface area (Å²) < 4.78 is 65.8. The fourth-order valence-corrected chi connectivity index (χ4v) is 2.01. The topological polar surface area (TPSA) is 93.2 Å². The number of hydrogen-bond acceptors (Lipinski definition) is 4. The molecule has 0 bridgehead atoms. The molecule has 2 atom stereocenters. The smallest absolute Gasteiger partial charge is 0.374 e. The van der Waals surface area contributed by atoms with Crippen LogP contribution in [0, 0.1) is 0 Å². The predicted octanol–water partition coefficient (Wildman–Crippen LogP) is 1.05. The molecule has 0 radical (unpaired) electrons. The lowest BCUT2D eigenvalue weighted by molar-refractivity contribution is -0.272. The van der Waals surface area contributed by atoms with Gasteiger partial charge in [0.1, 0.15) is 5.82 Å². The number of rotatable bonds is 7. The highest BCUT2D eigenvalue weighted by Crippen LogP contribution is 2.40. The fourth-order valence-electron chi connectivity index (χ4n) is 2.01. The molecule has 0 fully saturated rings. The average Bonchev–Trinajstić information content (AvgIpc) is 2.83. The largest absolute Gasteiger partial charge is 0.424 e. The molecule has 1 amide bonds. The number of imidazole rings is 1. The average molecular weight is 358 g/mol. The zero-order chi connectivity index (χ0) is 18.8. The van der Waals surface area contributed by atoms with Crippen molar-refractivity contribution >= 4 is 5.91 Å². The number of carbonyl (C=O) groups is 1. The lowest BCUT2D eigenvalue weighted by Gasteiger charge is -2.30. The van der Waals surface area contributed by atoms with Crippen LogP contribution in [0.5, 0.6) is 0 Å². The molecule has 1 aromatic heterocycles. The van der Waals surface area contributed by atoms with Crippen LogP contribution in [0.15, 0.2) is 12.4 Å². The summed E-state index contributed by atoms with van der Waals surface area (Å²) in [5.41, 5.74) is -0.147. The Balaban J connectivity index is 2.75. The lowest BCUT2D eigenvalue weighted by Crippen LogP contribution is -2.49. The highest BCUT2D eigenvalue weighted by Gasteiger charge is 2.57. The van der Waals surface area contributed by atoms with Gasteiger partial charge in [-0.15, -0.1) is 0 Å². The van der Waals surface area contributed by atoms with Gasteiger partial charge in [0.05, 0.1) is 5.54 Å². The summed E-state index contributed by atoms with van der Waals surface area (Å²) in [5, 5.41) is 12.1. The Morgan fingerprint density at radius 2 is 2.04 bits per heavy atom. The zero-order valence-corrected chi connectivity index (χ0v) is 13.1. The third kappa shape index (κ3) is 4.41. The minimum absolute atomic E-state index is 0.596. The van der Waals surface area contributed by atoms with E-state index in [4.69, 9.17) is 5.73 Å². The number of aliphatic hydroxyl groups is 1. The van der Waals surface area contributed by atoms with Crippen LogP contribution in [-0.4, -0.2) is 45.3 Å². The first-order chi connectivity index (χ1) is 10.8. The molecule has 0 saturated heterocycles. The SMILES string of the molecule is Cn1ccnc1C(O)(CCNC(=O)CC(C)(N)C(F)F)C(F)(F)F. The quantitative estimate of drug-likeness (QED) is 0.635. The second-order valence-electron chi connectivity index (χ2n) is 5.80. The van der Waals surface area contributed by atoms with E-state index < -0.39 is 54.9 Å². The first-order valence-corrected chi connectivity index (χ1v) is 6.92. The Kier molecular flexibility index (Phi) is 5.93. The maximum Gasteiger partial charge on any atom is 0.424 e. The molecule has 0 aromatic carbocycles. The molecule has 4 N–H and O–H groups in total. The summed E-state index contributed by atoms with van der Waals surface area (Å²) in [6.07, 6.45) is -7.38. The van der Waals surface area contributed by atoms with E-state index in [0.717, 1.165) is 17.7 Å². The van der Waals surface area contributed by atoms with Gasteiger partial charge in [0.15, 0.2) is 0 Å². The number of nitrogens with one attached hydrogen (secondary N) is 1. The van der Waals surface area contributed by atoms with Gasteiger partial charge in [0.25, 0.3) is 6.43 Å². The van der Waals surface area contributed by atoms with Gasteiger partial charge >= 0.3 is 6.18 Å². The van der Waals surface area contributed by atoms with Crippen molar-refractivity contribution in [2.24, 2.45) is 12.8 Å². The van der Waals surface area contributed by atoms with Crippen LogP contribution in [0.4, 0.5) is 22.0 Å². The number of hydrogen-bond donors (Lipinski definition) is 3. The number of alkyl halides is 5. The highest BCUT2D eigenvalue weighted by atomic mass is 19.4. The molecular weight excluding hydrogens is 339 g/mol. The second kappa shape index (κ2) is 7.01. The Morgan fingerprint density at radius 1 is 1.46 bits per heavy atom. The normalized spacial score (nSPS) is 17.4. The van der Waals surface area contributed by atoms with Gasteiger partial charge < -0.3 is 20.7 Å². The molecule has 11 heteroatoms. The summed E-state index contributed by atoms with van der Waals surface area (Å²) in [7, 11) is 1.28. The van der Waals surface area contributed by atoms with E-state index in [1.165, 1.54) is 13.2 Å². The number of nitrogens with two attached hydrogens (primary N) is 1. The lowest BCUT2D eigenvalue weighted by atomic mass is 9.97. The molecule has 0 saturated carbocycles. The Hall–Kier alpha value is -1.75. The molecule has 24 heavy (non-hydrogen) atoms. The van der Waals surface area contributed by atoms with Crippen LogP contribution in [0.2, 0.25) is 0 Å². The van der Waals surface area contributed by atoms with Crippen LogP contribution >= 0.6 is 0 Å². The summed E-state index contributed by atoms with van der Waals surface area (Å²) in [4.78, 5) is 15.0. The van der Waals surface area contributed by atoms with Crippen LogP contribution in [0.3, 0.4) is 0 Å². The van der Waals surface area contributed by atoms with E-state index in [1.54, 1.807) is 0 Å². The van der Waals surface area contributed by atoms with Gasteiger partial charge in [-0.2, -0.15) is 13.2 Å². The fraction of sp³-hybridized carbons (Fsp3) is 0.692. The van der Waals surface area contributed by atoms with Crippen molar-refractivity contribution in [3.63, 3.8) is 0 Å². The third-order valence-corrected chi connectivity index (χ3v) is 3.51. The minimum atomic E-state index is -5.04. The minimum Gasteiger partial charge on any atom is -0.374 e. The maximum absolute atomic E-state index is 13.2. The summed E-state index contributed by atoms with van der Waals surface area (Å²) in [6, 6.07) is 0. The van der Waals surface area contributed by atoms with E-state index in [0.29, 0.717) is 0 Å². The number of carbonyl (C=O) groups excluding carboxylic acids is 1. The summed E-state index contributed by atoms with van der Waals surface area (Å²) in [6.45, 7) is 0.359. The molecule has 0 spiro atoms. The molecule has 6 nitrogen and oxygen atoms in total. The number of halogens is 5. The van der Waals surface area contributed by atoms with Crippen molar-refractivity contribution in [1.29, 1.82) is 0 Å². The number of nitrogens with zero attached hydrogens (tertiary/aromatic N) is 2. The van der Waals surface area contributed by atoms with Crippen molar-refractivity contribution in [2.75, 3.05) is 6.54 Å². The monoisotopic (exact) mass is 358 g/mol. The van der Waals surface area contributed by atoms with E-state index >= 15 is 0 Å². The van der Waals surface area contributed by atoms with Crippen molar-refractivity contribution in [2.45, 2.75) is 43.5 Å². The van der Waals surface area contributed by atoms with Crippen molar-refractivity contribution < 1.29 is 31.9 Å². The second-order valence-corrected chi connectivity index (χ2v) is 5.80. The van der Waals surface area contributed by atoms with Crippen LogP contribution in [0.25, 0.3) is 0 Å². The van der Waals surface area contributed by atoms with E-state index in [2.05, 4.69) is 10.3 Å². The van der Waals surface area contributed by atoms with Gasteiger partial charge in [0.2, 0.25) is 11.5 Å². The number of aromatic nitrogens is 2. The molecule has 2 unspecified atom stereocenters. The van der Waals surface area contributed by atoms with Gasteiger partial charge in [-0.1, -0.05) is 0 Å². The van der Waals surface area contributed by atoms with Crippen molar-refractivity contribution in [1.82, 2.24) is 14.9 Å². The van der Waals surface area contributed by atoms with Crippen LogP contribution < -0.4 is 11.1 Å². The standard InChI is InChI=1S/C13H19F5N4O2/c1-11(19,9(14)15)7-8(23)20-4-3-12(24,13(16,17)18)10-21-5-6-22(10)2/h5-6,9,24H,3-4,7,19H2,1-2H3,(H,20,23). The van der Waals surface area contributed by atoms with E-state index in [-0.39, 0.29) is 0 Å². The van der Waals surface area contributed by atoms with Gasteiger partial charge in [0, 0.05) is 38.8 Å². The maximum atomic E-state index is 13.2. The van der Waals surface area contributed by atoms with Crippen LogP contribution in [-0.2, 0) is 17.4 Å². The van der Waals surface area contributed by atoms with E-state index in [1.807, 2.05) is 0 Å². The Morgan fingerprint density at radius 3 is 2.46 bits per heavy atom. The molecule has 0 aliphatic rings. The molecule has 0 aliphatic carbocycles. The number of aryl methyl sites for hydroxylation is 1. The first kappa shape index (κ1) is 20.3. The van der Waals surface area contributed by atoms with Gasteiger partial charge in [-0.05, 0) is 6.92 Å². The van der Waals surface area contributed by atoms with Gasteiger partial charge in [-0.25, -0.2) is 13.8 Å². The van der Waals surface area contributed by atoms with E-state index in [9.17, 15) is 31.9 Å². The Labute approximate surface area is 134 Å². The molecule has 138 valence electrons. The molecule has 1 rings (SSSR count). The third-order valence-electron chi connectivity index (χ3n) is 3.51. The first-order valence-electron chi connectivity index (χ1n) is 6.92. The molecule has 1 aromatic rings.